The van der Waals surface area contributed by atoms with Gasteiger partial charge in [-0.3, -0.25) is 4.90 Å². The number of rotatable bonds is 6. The monoisotopic (exact) mass is 305 g/mol. The number of fused-ring (bicyclic) bond motifs is 1. The van der Waals surface area contributed by atoms with E-state index in [4.69, 9.17) is 4.74 Å². The first-order valence-electron chi connectivity index (χ1n) is 7.95. The number of nitrogens with zero attached hydrogens (tertiary/aromatic N) is 2. The highest BCUT2D eigenvalue weighted by Gasteiger charge is 2.25. The van der Waals surface area contributed by atoms with Gasteiger partial charge in [-0.1, -0.05) is 24.3 Å². The van der Waals surface area contributed by atoms with Gasteiger partial charge in [0.15, 0.2) is 0 Å². The molecule has 1 aliphatic rings. The van der Waals surface area contributed by atoms with Crippen molar-refractivity contribution < 1.29 is 9.53 Å². The third-order valence-corrected chi connectivity index (χ3v) is 4.18. The van der Waals surface area contributed by atoms with Gasteiger partial charge in [0.25, 0.3) is 0 Å². The first-order valence-corrected chi connectivity index (χ1v) is 7.95. The van der Waals surface area contributed by atoms with E-state index in [-0.39, 0.29) is 6.03 Å². The van der Waals surface area contributed by atoms with Gasteiger partial charge in [0, 0.05) is 39.3 Å². The number of likely N-dealkylation sites (N-methyl/N-ethyl adjacent to an activating group) is 2. The van der Waals surface area contributed by atoms with Crippen LogP contribution in [0.15, 0.2) is 24.3 Å². The average Bonchev–Trinajstić information content (AvgIpc) is 2.52. The quantitative estimate of drug-likeness (QED) is 0.814. The molecule has 2 rings (SSSR count). The highest BCUT2D eigenvalue weighted by Crippen LogP contribution is 2.22. The van der Waals surface area contributed by atoms with Crippen molar-refractivity contribution in [3.63, 3.8) is 0 Å². The number of hydrogen-bond donors (Lipinski definition) is 1. The Kier molecular flexibility index (Phi) is 6.21. The molecule has 122 valence electrons. The molecule has 1 aromatic rings. The fourth-order valence-electron chi connectivity index (χ4n) is 2.83. The molecular weight excluding hydrogens is 278 g/mol. The molecule has 1 aromatic carbocycles. The molecule has 0 aromatic heterocycles. The van der Waals surface area contributed by atoms with Gasteiger partial charge < -0.3 is 15.0 Å². The van der Waals surface area contributed by atoms with E-state index in [0.717, 1.165) is 19.5 Å². The highest BCUT2D eigenvalue weighted by atomic mass is 16.5. The molecule has 0 radical (unpaired) electrons. The number of ether oxygens (including phenoxy) is 1. The van der Waals surface area contributed by atoms with Gasteiger partial charge in [0.05, 0.1) is 6.61 Å². The van der Waals surface area contributed by atoms with Crippen molar-refractivity contribution in [3.8, 4) is 0 Å². The van der Waals surface area contributed by atoms with Crippen LogP contribution >= 0.6 is 0 Å². The largest absolute Gasteiger partial charge is 0.380 e. The zero-order valence-electron chi connectivity index (χ0n) is 13.8. The van der Waals surface area contributed by atoms with E-state index in [9.17, 15) is 4.79 Å². The van der Waals surface area contributed by atoms with Crippen molar-refractivity contribution in [1.29, 1.82) is 0 Å². The van der Waals surface area contributed by atoms with Gasteiger partial charge in [-0.05, 0) is 31.5 Å². The lowest BCUT2D eigenvalue weighted by molar-refractivity contribution is 0.140. The Morgan fingerprint density at radius 1 is 1.41 bits per heavy atom. The maximum absolute atomic E-state index is 12.1. The molecule has 5 heteroatoms. The molecule has 22 heavy (non-hydrogen) atoms. The summed E-state index contributed by atoms with van der Waals surface area (Å²) in [5.41, 5.74) is 2.79. The first-order chi connectivity index (χ1) is 10.6. The van der Waals surface area contributed by atoms with E-state index in [0.29, 0.717) is 25.8 Å². The van der Waals surface area contributed by atoms with Gasteiger partial charge >= 0.3 is 6.03 Å². The van der Waals surface area contributed by atoms with E-state index in [1.165, 1.54) is 11.1 Å². The molecule has 5 nitrogen and oxygen atoms in total. The zero-order chi connectivity index (χ0) is 15.9. The molecule has 0 unspecified atom stereocenters. The minimum absolute atomic E-state index is 0.0352. The molecule has 2 amide bonds. The van der Waals surface area contributed by atoms with Crippen molar-refractivity contribution in [1.82, 2.24) is 15.1 Å². The minimum atomic E-state index is -0.0352. The molecule has 0 aliphatic carbocycles. The Hall–Kier alpha value is -1.59. The fraction of sp³-hybridized carbons (Fsp3) is 0.588. The lowest BCUT2D eigenvalue weighted by atomic mass is 9.94. The van der Waals surface area contributed by atoms with Crippen molar-refractivity contribution in [2.75, 3.05) is 40.4 Å². The second-order valence-electron chi connectivity index (χ2n) is 5.85. The van der Waals surface area contributed by atoms with Crippen molar-refractivity contribution >= 4 is 6.03 Å². The number of carbonyl (C=O) groups excluding carboxylic acids is 1. The molecule has 0 saturated heterocycles. The number of carbonyl (C=O) groups is 1. The molecule has 1 N–H and O–H groups in total. The molecule has 0 spiro atoms. The molecule has 0 fully saturated rings. The molecule has 1 heterocycles. The van der Waals surface area contributed by atoms with Gasteiger partial charge in [0.2, 0.25) is 0 Å². The van der Waals surface area contributed by atoms with Gasteiger partial charge in [-0.15, -0.1) is 0 Å². The maximum Gasteiger partial charge on any atom is 0.317 e. The second-order valence-corrected chi connectivity index (χ2v) is 5.85. The van der Waals surface area contributed by atoms with Gasteiger partial charge in [-0.25, -0.2) is 4.79 Å². The number of amides is 2. The summed E-state index contributed by atoms with van der Waals surface area (Å²) in [5.74, 6) is 0. The third kappa shape index (κ3) is 4.45. The summed E-state index contributed by atoms with van der Waals surface area (Å²) in [6.45, 7) is 5.42. The topological polar surface area (TPSA) is 44.8 Å². The summed E-state index contributed by atoms with van der Waals surface area (Å²) in [7, 11) is 3.98. The van der Waals surface area contributed by atoms with Crippen LogP contribution < -0.4 is 5.32 Å². The number of benzene rings is 1. The Balaban J connectivity index is 1.84. The SMILES string of the molecule is CCOCCNC(=O)N(C)C[C@@H]1Cc2ccccc2CN1C. The zero-order valence-corrected chi connectivity index (χ0v) is 13.8. The van der Waals surface area contributed by atoms with Gasteiger partial charge in [-0.2, -0.15) is 0 Å². The maximum atomic E-state index is 12.1. The summed E-state index contributed by atoms with van der Waals surface area (Å²) < 4.78 is 5.23. The lowest BCUT2D eigenvalue weighted by Crippen LogP contribution is -2.48. The van der Waals surface area contributed by atoms with Crippen molar-refractivity contribution in [2.24, 2.45) is 0 Å². The highest BCUT2D eigenvalue weighted by molar-refractivity contribution is 5.73. The lowest BCUT2D eigenvalue weighted by Gasteiger charge is -2.36. The van der Waals surface area contributed by atoms with Crippen LogP contribution in [0.3, 0.4) is 0 Å². The predicted molar refractivity (Wildman–Crippen MR) is 87.9 cm³/mol. The summed E-state index contributed by atoms with van der Waals surface area (Å²) in [5, 5.41) is 2.88. The van der Waals surface area contributed by atoms with Crippen molar-refractivity contribution in [2.45, 2.75) is 25.9 Å². The molecule has 0 bridgehead atoms. The van der Waals surface area contributed by atoms with E-state index in [2.05, 4.69) is 41.5 Å². The van der Waals surface area contributed by atoms with E-state index in [1.54, 1.807) is 4.90 Å². The fourth-order valence-corrected chi connectivity index (χ4v) is 2.83. The second kappa shape index (κ2) is 8.15. The van der Waals surface area contributed by atoms with Crippen LogP contribution in [0.25, 0.3) is 0 Å². The van der Waals surface area contributed by atoms with Crippen LogP contribution in [-0.2, 0) is 17.7 Å². The van der Waals surface area contributed by atoms with Crippen LogP contribution in [0.2, 0.25) is 0 Å². The van der Waals surface area contributed by atoms with E-state index >= 15 is 0 Å². The Morgan fingerprint density at radius 2 is 2.14 bits per heavy atom. The first kappa shape index (κ1) is 16.8. The molecule has 1 aliphatic heterocycles. The normalized spacial score (nSPS) is 17.9. The average molecular weight is 305 g/mol. The molecule has 0 saturated carbocycles. The van der Waals surface area contributed by atoms with Crippen LogP contribution in [0, 0.1) is 0 Å². The Bertz CT molecular complexity index is 493. The van der Waals surface area contributed by atoms with E-state index < -0.39 is 0 Å². The summed E-state index contributed by atoms with van der Waals surface area (Å²) >= 11 is 0. The van der Waals surface area contributed by atoms with Gasteiger partial charge in [0.1, 0.15) is 0 Å². The number of nitrogens with one attached hydrogen (secondary N) is 1. The smallest absolute Gasteiger partial charge is 0.317 e. The summed E-state index contributed by atoms with van der Waals surface area (Å²) in [4.78, 5) is 16.2. The van der Waals surface area contributed by atoms with Crippen LogP contribution in [0.4, 0.5) is 4.79 Å². The third-order valence-electron chi connectivity index (χ3n) is 4.18. The van der Waals surface area contributed by atoms with Crippen LogP contribution in [0.1, 0.15) is 18.1 Å². The van der Waals surface area contributed by atoms with E-state index in [1.807, 2.05) is 14.0 Å². The Labute approximate surface area is 133 Å². The summed E-state index contributed by atoms with van der Waals surface area (Å²) in [6.07, 6.45) is 0.989. The number of hydrogen-bond acceptors (Lipinski definition) is 3. The molecular formula is C17H27N3O2. The Morgan fingerprint density at radius 3 is 2.86 bits per heavy atom. The predicted octanol–water partition coefficient (Wildman–Crippen LogP) is 1.72. The standard InChI is InChI=1S/C17H27N3O2/c1-4-22-10-9-18-17(21)20(3)13-16-11-14-7-5-6-8-15(14)12-19(16)2/h5-8,16H,4,9-13H2,1-3H3,(H,18,21)/t16-/m0/s1. The van der Waals surface area contributed by atoms with Crippen LogP contribution in [0.5, 0.6) is 0 Å². The summed E-state index contributed by atoms with van der Waals surface area (Å²) in [6, 6.07) is 8.88. The minimum Gasteiger partial charge on any atom is -0.380 e. The number of urea groups is 1. The van der Waals surface area contributed by atoms with Crippen LogP contribution in [-0.4, -0.2) is 62.3 Å². The molecule has 1 atom stereocenters. The van der Waals surface area contributed by atoms with Crippen molar-refractivity contribution in [3.05, 3.63) is 35.4 Å².